The standard InChI is InChI=1S/C17H28ClN5O/c1-3-22-7-6-17(5-4-16(22)24)14-21(9-8-20(17)2)10-11-23-13-15(18)12-19-23/h12-13H,3-11,14H2,1-2H3/t17-/m0/s1. The van der Waals surface area contributed by atoms with E-state index >= 15 is 0 Å². The van der Waals surface area contributed by atoms with Crippen LogP contribution in [0.1, 0.15) is 26.2 Å². The average molecular weight is 354 g/mol. The monoisotopic (exact) mass is 353 g/mol. The van der Waals surface area contributed by atoms with Crippen LogP contribution in [0.3, 0.4) is 0 Å². The highest BCUT2D eigenvalue weighted by molar-refractivity contribution is 6.30. The third-order valence-electron chi connectivity index (χ3n) is 5.71. The van der Waals surface area contributed by atoms with Crippen LogP contribution < -0.4 is 0 Å². The second-order valence-corrected chi connectivity index (χ2v) is 7.50. The van der Waals surface area contributed by atoms with Crippen LogP contribution in [0.25, 0.3) is 0 Å². The molecule has 7 heteroatoms. The first-order chi connectivity index (χ1) is 11.5. The highest BCUT2D eigenvalue weighted by Gasteiger charge is 2.41. The van der Waals surface area contributed by atoms with E-state index in [1.807, 2.05) is 15.8 Å². The lowest BCUT2D eigenvalue weighted by Crippen LogP contribution is -2.61. The largest absolute Gasteiger partial charge is 0.343 e. The van der Waals surface area contributed by atoms with Gasteiger partial charge in [-0.3, -0.25) is 19.3 Å². The van der Waals surface area contributed by atoms with E-state index in [0.717, 1.165) is 58.7 Å². The molecule has 1 aromatic rings. The van der Waals surface area contributed by atoms with Crippen LogP contribution in [0.2, 0.25) is 5.02 Å². The van der Waals surface area contributed by atoms with E-state index < -0.39 is 0 Å². The molecule has 0 N–H and O–H groups in total. The Morgan fingerprint density at radius 3 is 2.79 bits per heavy atom. The summed E-state index contributed by atoms with van der Waals surface area (Å²) in [4.78, 5) is 19.3. The summed E-state index contributed by atoms with van der Waals surface area (Å²) >= 11 is 5.94. The molecule has 134 valence electrons. The van der Waals surface area contributed by atoms with Gasteiger partial charge in [0.25, 0.3) is 0 Å². The molecule has 0 radical (unpaired) electrons. The van der Waals surface area contributed by atoms with Gasteiger partial charge in [0, 0.05) is 57.4 Å². The molecule has 0 saturated carbocycles. The summed E-state index contributed by atoms with van der Waals surface area (Å²) in [6.45, 7) is 8.75. The van der Waals surface area contributed by atoms with E-state index in [0.29, 0.717) is 17.4 Å². The Hall–Kier alpha value is -1.11. The number of hydrogen-bond donors (Lipinski definition) is 0. The number of likely N-dealkylation sites (N-methyl/N-ethyl adjacent to an activating group) is 1. The van der Waals surface area contributed by atoms with Crippen LogP contribution in [0.15, 0.2) is 12.4 Å². The zero-order valence-corrected chi connectivity index (χ0v) is 15.5. The summed E-state index contributed by atoms with van der Waals surface area (Å²) < 4.78 is 1.91. The molecule has 3 heterocycles. The Bertz CT molecular complexity index is 577. The summed E-state index contributed by atoms with van der Waals surface area (Å²) in [5.41, 5.74) is 0.125. The van der Waals surface area contributed by atoms with E-state index in [1.165, 1.54) is 0 Å². The van der Waals surface area contributed by atoms with Crippen molar-refractivity contribution in [3.63, 3.8) is 0 Å². The van der Waals surface area contributed by atoms with Gasteiger partial charge in [0.2, 0.25) is 5.91 Å². The number of rotatable bonds is 4. The molecule has 0 unspecified atom stereocenters. The molecule has 1 spiro atoms. The number of halogens is 1. The number of carbonyl (C=O) groups is 1. The van der Waals surface area contributed by atoms with Gasteiger partial charge in [-0.15, -0.1) is 0 Å². The number of likely N-dealkylation sites (tertiary alicyclic amines) is 1. The maximum absolute atomic E-state index is 12.2. The fourth-order valence-electron chi connectivity index (χ4n) is 4.00. The fourth-order valence-corrected chi connectivity index (χ4v) is 4.16. The van der Waals surface area contributed by atoms with Crippen molar-refractivity contribution in [3.8, 4) is 0 Å². The van der Waals surface area contributed by atoms with Gasteiger partial charge in [0.1, 0.15) is 0 Å². The summed E-state index contributed by atoms with van der Waals surface area (Å²) in [6, 6.07) is 0. The predicted molar refractivity (Wildman–Crippen MR) is 95.1 cm³/mol. The first-order valence-corrected chi connectivity index (χ1v) is 9.29. The first-order valence-electron chi connectivity index (χ1n) is 8.92. The second-order valence-electron chi connectivity index (χ2n) is 7.07. The Kier molecular flexibility index (Phi) is 5.47. The molecule has 0 aromatic carbocycles. The van der Waals surface area contributed by atoms with E-state index in [9.17, 15) is 4.79 Å². The van der Waals surface area contributed by atoms with Gasteiger partial charge in [0.05, 0.1) is 17.8 Å². The van der Waals surface area contributed by atoms with Crippen LogP contribution in [-0.4, -0.2) is 82.2 Å². The zero-order valence-electron chi connectivity index (χ0n) is 14.7. The lowest BCUT2D eigenvalue weighted by atomic mass is 9.86. The summed E-state index contributed by atoms with van der Waals surface area (Å²) in [5, 5.41) is 4.95. The van der Waals surface area contributed by atoms with Crippen molar-refractivity contribution in [1.82, 2.24) is 24.5 Å². The average Bonchev–Trinajstić information content (AvgIpc) is 2.92. The van der Waals surface area contributed by atoms with Gasteiger partial charge in [-0.05, 0) is 26.8 Å². The van der Waals surface area contributed by atoms with Gasteiger partial charge in [-0.25, -0.2) is 0 Å². The smallest absolute Gasteiger partial charge is 0.222 e. The van der Waals surface area contributed by atoms with Crippen LogP contribution in [0, 0.1) is 0 Å². The molecular weight excluding hydrogens is 326 g/mol. The highest BCUT2D eigenvalue weighted by Crippen LogP contribution is 2.32. The lowest BCUT2D eigenvalue weighted by molar-refractivity contribution is -0.130. The third-order valence-corrected chi connectivity index (χ3v) is 5.91. The highest BCUT2D eigenvalue weighted by atomic mass is 35.5. The van der Waals surface area contributed by atoms with Gasteiger partial charge < -0.3 is 4.90 Å². The SMILES string of the molecule is CCN1CC[C@@]2(CCC1=O)CN(CCn1cc(Cl)cn1)CCN2C. The van der Waals surface area contributed by atoms with E-state index in [2.05, 4.69) is 28.9 Å². The van der Waals surface area contributed by atoms with E-state index in [4.69, 9.17) is 11.6 Å². The molecule has 2 saturated heterocycles. The number of aromatic nitrogens is 2. The van der Waals surface area contributed by atoms with Crippen molar-refractivity contribution in [2.75, 3.05) is 46.3 Å². The second kappa shape index (κ2) is 7.42. The molecule has 24 heavy (non-hydrogen) atoms. The third kappa shape index (κ3) is 3.76. The molecule has 6 nitrogen and oxygen atoms in total. The lowest BCUT2D eigenvalue weighted by Gasteiger charge is -2.49. The Morgan fingerprint density at radius 2 is 2.08 bits per heavy atom. The maximum Gasteiger partial charge on any atom is 0.222 e. The number of nitrogens with zero attached hydrogens (tertiary/aromatic N) is 5. The zero-order chi connectivity index (χ0) is 17.2. The number of piperazine rings is 1. The molecule has 1 amide bonds. The van der Waals surface area contributed by atoms with Crippen molar-refractivity contribution in [2.24, 2.45) is 0 Å². The topological polar surface area (TPSA) is 44.6 Å². The number of hydrogen-bond acceptors (Lipinski definition) is 4. The summed E-state index contributed by atoms with van der Waals surface area (Å²) in [7, 11) is 2.22. The quantitative estimate of drug-likeness (QED) is 0.824. The molecule has 1 atom stereocenters. The number of amides is 1. The number of carbonyl (C=O) groups excluding carboxylic acids is 1. The van der Waals surface area contributed by atoms with Gasteiger partial charge in [-0.1, -0.05) is 11.6 Å². The minimum atomic E-state index is 0.125. The molecule has 1 aromatic heterocycles. The van der Waals surface area contributed by atoms with E-state index in [-0.39, 0.29) is 5.54 Å². The minimum Gasteiger partial charge on any atom is -0.343 e. The molecule has 3 rings (SSSR count). The Morgan fingerprint density at radius 1 is 1.25 bits per heavy atom. The van der Waals surface area contributed by atoms with Gasteiger partial charge in [0.15, 0.2) is 0 Å². The summed E-state index contributed by atoms with van der Waals surface area (Å²) in [6.07, 6.45) is 6.25. The normalized spacial score (nSPS) is 27.0. The van der Waals surface area contributed by atoms with Crippen molar-refractivity contribution >= 4 is 17.5 Å². The maximum atomic E-state index is 12.2. The molecule has 0 bridgehead atoms. The van der Waals surface area contributed by atoms with Gasteiger partial charge >= 0.3 is 0 Å². The van der Waals surface area contributed by atoms with Crippen LogP contribution in [0.4, 0.5) is 0 Å². The summed E-state index contributed by atoms with van der Waals surface area (Å²) in [5.74, 6) is 0.311. The molecule has 2 fully saturated rings. The van der Waals surface area contributed by atoms with Crippen molar-refractivity contribution in [3.05, 3.63) is 17.4 Å². The van der Waals surface area contributed by atoms with Crippen LogP contribution in [-0.2, 0) is 11.3 Å². The van der Waals surface area contributed by atoms with E-state index in [1.54, 1.807) is 6.20 Å². The predicted octanol–water partition coefficient (Wildman–Crippen LogP) is 1.56. The Balaban J connectivity index is 1.63. The van der Waals surface area contributed by atoms with Gasteiger partial charge in [-0.2, -0.15) is 5.10 Å². The van der Waals surface area contributed by atoms with Crippen molar-refractivity contribution in [2.45, 2.75) is 38.3 Å². The first kappa shape index (κ1) is 17.7. The molecule has 2 aliphatic heterocycles. The Labute approximate surface area is 149 Å². The minimum absolute atomic E-state index is 0.125. The van der Waals surface area contributed by atoms with Crippen LogP contribution in [0.5, 0.6) is 0 Å². The van der Waals surface area contributed by atoms with Crippen molar-refractivity contribution in [1.29, 1.82) is 0 Å². The molecule has 0 aliphatic carbocycles. The van der Waals surface area contributed by atoms with Crippen molar-refractivity contribution < 1.29 is 4.79 Å². The fraction of sp³-hybridized carbons (Fsp3) is 0.765. The molecular formula is C17H28ClN5O. The van der Waals surface area contributed by atoms with Crippen LogP contribution >= 0.6 is 11.6 Å². The molecule has 2 aliphatic rings.